The van der Waals surface area contributed by atoms with E-state index < -0.39 is 47.9 Å². The normalized spacial score (nSPS) is 12.7. The Balaban J connectivity index is 1.14. The molecule has 0 fully saturated rings. The van der Waals surface area contributed by atoms with Crippen molar-refractivity contribution < 1.29 is 57.8 Å². The van der Waals surface area contributed by atoms with Gasteiger partial charge in [-0.15, -0.1) is 0 Å². The highest BCUT2D eigenvalue weighted by Crippen LogP contribution is 2.35. The van der Waals surface area contributed by atoms with E-state index in [4.69, 9.17) is 28.4 Å². The van der Waals surface area contributed by atoms with Gasteiger partial charge < -0.3 is 38.6 Å². The third-order valence-electron chi connectivity index (χ3n) is 12.0. The van der Waals surface area contributed by atoms with Crippen molar-refractivity contribution in [2.75, 3.05) is 0 Å². The van der Waals surface area contributed by atoms with Gasteiger partial charge in [0.15, 0.2) is 23.0 Å². The number of hydrogen-bond acceptors (Lipinski definition) is 12. The third kappa shape index (κ3) is 13.8. The SMILES string of the molecule is O=C(/C=C/c1ccc(OCc2ccccc2)c(OCc2ccccc2)c1)C(O)(C(=O)OCc1ccccc1)C(O)(C(=O)/C=C/c1ccc(OCc2ccccc2)c(OCc2ccccc2)c1)C(=O)OCc1ccccc1. The van der Waals surface area contributed by atoms with E-state index in [1.54, 1.807) is 97.1 Å². The van der Waals surface area contributed by atoms with Crippen LogP contribution in [0.4, 0.5) is 0 Å². The molecule has 0 aromatic heterocycles. The monoisotopic (exact) mass is 1010 g/mol. The summed E-state index contributed by atoms with van der Waals surface area (Å²) in [6.45, 7) is -0.293. The molecule has 0 aliphatic rings. The number of hydrogen-bond donors (Lipinski definition) is 2. The van der Waals surface area contributed by atoms with E-state index in [1.165, 1.54) is 12.2 Å². The number of esters is 2. The highest BCUT2D eigenvalue weighted by Gasteiger charge is 2.69. The van der Waals surface area contributed by atoms with E-state index in [0.717, 1.165) is 34.4 Å². The molecule has 8 aromatic carbocycles. The van der Waals surface area contributed by atoms with Gasteiger partial charge in [-0.05, 0) is 80.9 Å². The summed E-state index contributed by atoms with van der Waals surface area (Å²) in [5.74, 6) is -5.45. The molecule has 0 aliphatic carbocycles. The fourth-order valence-electron chi connectivity index (χ4n) is 7.76. The summed E-state index contributed by atoms with van der Waals surface area (Å²) in [6, 6.07) is 64.1. The maximum absolute atomic E-state index is 14.8. The van der Waals surface area contributed by atoms with E-state index in [9.17, 15) is 29.4 Å². The second-order valence-electron chi connectivity index (χ2n) is 17.4. The summed E-state index contributed by atoms with van der Waals surface area (Å²) in [6.07, 6.45) is 3.98. The van der Waals surface area contributed by atoms with Crippen LogP contribution in [0.5, 0.6) is 23.0 Å². The zero-order valence-electron chi connectivity index (χ0n) is 41.3. The maximum Gasteiger partial charge on any atom is 0.351 e. The molecule has 8 aromatic rings. The average molecular weight is 1020 g/mol. The van der Waals surface area contributed by atoms with Crippen molar-refractivity contribution in [1.82, 2.24) is 0 Å². The molecule has 0 aliphatic heterocycles. The van der Waals surface area contributed by atoms with E-state index in [0.29, 0.717) is 33.8 Å². The van der Waals surface area contributed by atoms with E-state index in [1.807, 2.05) is 121 Å². The first kappa shape index (κ1) is 52.9. The Bertz CT molecular complexity index is 3020. The number of benzene rings is 8. The van der Waals surface area contributed by atoms with Crippen molar-refractivity contribution in [3.8, 4) is 23.0 Å². The minimum absolute atomic E-state index is 0.156. The van der Waals surface area contributed by atoms with Crippen LogP contribution in [-0.2, 0) is 68.3 Å². The summed E-state index contributed by atoms with van der Waals surface area (Å²) >= 11 is 0. The lowest BCUT2D eigenvalue weighted by Crippen LogP contribution is -2.71. The van der Waals surface area contributed by atoms with Crippen LogP contribution < -0.4 is 18.9 Å². The molecule has 2 unspecified atom stereocenters. The first-order chi connectivity index (χ1) is 37.1. The summed E-state index contributed by atoms with van der Waals surface area (Å²) in [7, 11) is 0. The zero-order chi connectivity index (χ0) is 53.0. The molecule has 76 heavy (non-hydrogen) atoms. The molecule has 0 bridgehead atoms. The van der Waals surface area contributed by atoms with Gasteiger partial charge in [0.25, 0.3) is 11.2 Å². The van der Waals surface area contributed by atoms with Gasteiger partial charge in [0, 0.05) is 0 Å². The molecule has 2 atom stereocenters. The predicted octanol–water partition coefficient (Wildman–Crippen LogP) is 10.8. The van der Waals surface area contributed by atoms with Gasteiger partial charge in [-0.3, -0.25) is 9.59 Å². The topological polar surface area (TPSA) is 164 Å². The maximum atomic E-state index is 14.8. The van der Waals surface area contributed by atoms with Crippen LogP contribution in [-0.4, -0.2) is 44.9 Å². The largest absolute Gasteiger partial charge is 0.485 e. The van der Waals surface area contributed by atoms with Gasteiger partial charge in [-0.2, -0.15) is 0 Å². The van der Waals surface area contributed by atoms with Gasteiger partial charge in [0.2, 0.25) is 11.6 Å². The lowest BCUT2D eigenvalue weighted by Gasteiger charge is -2.35. The van der Waals surface area contributed by atoms with Gasteiger partial charge in [0.1, 0.15) is 39.6 Å². The van der Waals surface area contributed by atoms with Crippen LogP contribution in [0, 0.1) is 0 Å². The molecule has 0 heterocycles. The average Bonchev–Trinajstić information content (AvgIpc) is 3.49. The molecule has 2 N–H and O–H groups in total. The van der Waals surface area contributed by atoms with Gasteiger partial charge in [0.05, 0.1) is 0 Å². The van der Waals surface area contributed by atoms with Crippen molar-refractivity contribution in [1.29, 1.82) is 0 Å². The molecule has 12 nitrogen and oxygen atoms in total. The van der Waals surface area contributed by atoms with Crippen LogP contribution in [0.15, 0.2) is 231 Å². The van der Waals surface area contributed by atoms with Crippen molar-refractivity contribution in [3.63, 3.8) is 0 Å². The minimum Gasteiger partial charge on any atom is -0.485 e. The Morgan fingerprint density at radius 2 is 0.579 bits per heavy atom. The molecule has 0 radical (unpaired) electrons. The number of ketones is 2. The fourth-order valence-corrected chi connectivity index (χ4v) is 7.76. The summed E-state index contributed by atoms with van der Waals surface area (Å²) < 4.78 is 35.8. The van der Waals surface area contributed by atoms with Crippen LogP contribution in [0.25, 0.3) is 12.2 Å². The van der Waals surface area contributed by atoms with Crippen LogP contribution >= 0.6 is 0 Å². The van der Waals surface area contributed by atoms with Gasteiger partial charge in [-0.25, -0.2) is 9.59 Å². The fraction of sp³-hybridized carbons (Fsp3) is 0.125. The molecule has 0 spiro atoms. The molecule has 8 rings (SSSR count). The third-order valence-corrected chi connectivity index (χ3v) is 12.0. The Kier molecular flexibility index (Phi) is 18.1. The molecule has 0 saturated carbocycles. The molecule has 0 amide bonds. The number of aliphatic hydroxyl groups is 2. The lowest BCUT2D eigenvalue weighted by atomic mass is 9.75. The number of ether oxygens (including phenoxy) is 6. The number of rotatable bonds is 25. The van der Waals surface area contributed by atoms with Gasteiger partial charge >= 0.3 is 11.9 Å². The molecular formula is C64H54O12. The molecule has 0 saturated heterocycles. The lowest BCUT2D eigenvalue weighted by molar-refractivity contribution is -0.211. The number of carbonyl (C=O) groups is 4. The smallest absolute Gasteiger partial charge is 0.351 e. The summed E-state index contributed by atoms with van der Waals surface area (Å²) in [5.41, 5.74) is -2.86. The van der Waals surface area contributed by atoms with Crippen molar-refractivity contribution in [2.24, 2.45) is 0 Å². The summed E-state index contributed by atoms with van der Waals surface area (Å²) in [5, 5.41) is 25.4. The Hall–Kier alpha value is -9.36. The quantitative estimate of drug-likeness (QED) is 0.0317. The summed E-state index contributed by atoms with van der Waals surface area (Å²) in [4.78, 5) is 58.6. The Morgan fingerprint density at radius 1 is 0.329 bits per heavy atom. The first-order valence-corrected chi connectivity index (χ1v) is 24.4. The first-order valence-electron chi connectivity index (χ1n) is 24.4. The number of carbonyl (C=O) groups excluding carboxylic acids is 4. The standard InChI is InChI=1S/C64H54O12/c65-59(37-33-47-31-35-55(71-41-49-19-7-1-8-20-49)57(39-47)73-43-51-23-11-3-12-24-51)63(69,61(67)75-45-53-27-15-5-16-28-53)64(70,62(68)76-46-54-29-17-6-18-30-54)60(66)38-34-48-32-36-56(72-42-50-21-9-2-10-22-50)58(40-48)74-44-52-25-13-4-14-26-52/h1-40,69-70H,41-46H2/b37-33+,38-34+. The van der Waals surface area contributed by atoms with Crippen LogP contribution in [0.3, 0.4) is 0 Å². The predicted molar refractivity (Wildman–Crippen MR) is 286 cm³/mol. The molecule has 382 valence electrons. The van der Waals surface area contributed by atoms with E-state index in [2.05, 4.69) is 0 Å². The van der Waals surface area contributed by atoms with Crippen molar-refractivity contribution in [2.45, 2.75) is 50.8 Å². The Morgan fingerprint density at radius 3 is 0.855 bits per heavy atom. The van der Waals surface area contributed by atoms with E-state index in [-0.39, 0.29) is 37.9 Å². The van der Waals surface area contributed by atoms with Crippen LogP contribution in [0.2, 0.25) is 0 Å². The molecular weight excluding hydrogens is 961 g/mol. The second kappa shape index (κ2) is 26.0. The minimum atomic E-state index is -3.95. The zero-order valence-corrected chi connectivity index (χ0v) is 41.3. The highest BCUT2D eigenvalue weighted by molar-refractivity contribution is 6.27. The van der Waals surface area contributed by atoms with Crippen molar-refractivity contribution in [3.05, 3.63) is 275 Å². The highest BCUT2D eigenvalue weighted by atomic mass is 16.6. The van der Waals surface area contributed by atoms with Gasteiger partial charge in [-0.1, -0.05) is 206 Å². The van der Waals surface area contributed by atoms with E-state index >= 15 is 0 Å². The van der Waals surface area contributed by atoms with Crippen LogP contribution in [0.1, 0.15) is 44.5 Å². The Labute approximate surface area is 440 Å². The second-order valence-corrected chi connectivity index (χ2v) is 17.4. The van der Waals surface area contributed by atoms with Crippen molar-refractivity contribution >= 4 is 35.7 Å². The molecule has 12 heteroatoms.